The first kappa shape index (κ1) is 19.3. The Kier molecular flexibility index (Phi) is 5.95. The average Bonchev–Trinajstić information content (AvgIpc) is 3.10. The molecule has 0 aliphatic rings. The van der Waals surface area contributed by atoms with Gasteiger partial charge in [-0.25, -0.2) is 4.98 Å². The van der Waals surface area contributed by atoms with Crippen LogP contribution >= 0.6 is 0 Å². The molecule has 0 aliphatic heterocycles. The third-order valence-corrected chi connectivity index (χ3v) is 5.39. The van der Waals surface area contributed by atoms with Crippen molar-refractivity contribution in [2.75, 3.05) is 6.61 Å². The zero-order valence-electron chi connectivity index (χ0n) is 17.3. The standard InChI is InChI=1S/C26H28N2O/c1-20-10-8-11-21(2)26(20)29-19-9-18-28-24-15-7-6-14-23(24)27-25(28)17-16-22-12-4-3-5-13-22/h3-8,10-15H,9,16-19H2,1-2H3. The minimum Gasteiger partial charge on any atom is -0.493 e. The quantitative estimate of drug-likeness (QED) is 0.353. The van der Waals surface area contributed by atoms with Crippen molar-refractivity contribution >= 4 is 11.0 Å². The number of aromatic nitrogens is 2. The molecule has 0 aliphatic carbocycles. The summed E-state index contributed by atoms with van der Waals surface area (Å²) in [4.78, 5) is 4.92. The Labute approximate surface area is 173 Å². The number of rotatable bonds is 8. The highest BCUT2D eigenvalue weighted by molar-refractivity contribution is 5.75. The highest BCUT2D eigenvalue weighted by Crippen LogP contribution is 2.23. The molecule has 0 radical (unpaired) electrons. The SMILES string of the molecule is Cc1cccc(C)c1OCCCn1c(CCc2ccccc2)nc2ccccc21. The van der Waals surface area contributed by atoms with E-state index in [1.165, 1.54) is 22.2 Å². The summed E-state index contributed by atoms with van der Waals surface area (Å²) in [5.74, 6) is 2.18. The molecule has 1 heterocycles. The zero-order chi connectivity index (χ0) is 20.1. The predicted octanol–water partition coefficient (Wildman–Crippen LogP) is 5.91. The van der Waals surface area contributed by atoms with Gasteiger partial charge in [-0.15, -0.1) is 0 Å². The van der Waals surface area contributed by atoms with Gasteiger partial charge in [-0.05, 0) is 55.5 Å². The Morgan fingerprint density at radius 1 is 0.793 bits per heavy atom. The summed E-state index contributed by atoms with van der Waals surface area (Å²) in [6.07, 6.45) is 2.89. The molecule has 0 saturated carbocycles. The summed E-state index contributed by atoms with van der Waals surface area (Å²) >= 11 is 0. The Bertz CT molecular complexity index is 1060. The summed E-state index contributed by atoms with van der Waals surface area (Å²) in [5.41, 5.74) is 6.03. The maximum Gasteiger partial charge on any atom is 0.125 e. The van der Waals surface area contributed by atoms with Gasteiger partial charge in [0.15, 0.2) is 0 Å². The molecule has 148 valence electrons. The fraction of sp³-hybridized carbons (Fsp3) is 0.269. The third-order valence-electron chi connectivity index (χ3n) is 5.39. The van der Waals surface area contributed by atoms with E-state index in [1.807, 2.05) is 0 Å². The van der Waals surface area contributed by atoms with Crippen LogP contribution in [0.3, 0.4) is 0 Å². The third kappa shape index (κ3) is 4.51. The normalized spacial score (nSPS) is 11.1. The van der Waals surface area contributed by atoms with Gasteiger partial charge in [0.1, 0.15) is 11.6 Å². The second-order valence-electron chi connectivity index (χ2n) is 7.58. The number of imidazole rings is 1. The van der Waals surface area contributed by atoms with Gasteiger partial charge in [-0.2, -0.15) is 0 Å². The molecule has 0 atom stereocenters. The number of fused-ring (bicyclic) bond motifs is 1. The van der Waals surface area contributed by atoms with Crippen molar-refractivity contribution in [3.63, 3.8) is 0 Å². The van der Waals surface area contributed by atoms with E-state index in [0.29, 0.717) is 6.61 Å². The summed E-state index contributed by atoms with van der Waals surface area (Å²) in [5, 5.41) is 0. The molecule has 4 aromatic rings. The molecule has 0 fully saturated rings. The van der Waals surface area contributed by atoms with Crippen molar-refractivity contribution in [1.82, 2.24) is 9.55 Å². The second kappa shape index (κ2) is 8.95. The summed E-state index contributed by atoms with van der Waals surface area (Å²) in [7, 11) is 0. The molecule has 0 unspecified atom stereocenters. The van der Waals surface area contributed by atoms with Gasteiger partial charge < -0.3 is 9.30 Å². The van der Waals surface area contributed by atoms with E-state index in [9.17, 15) is 0 Å². The summed E-state index contributed by atoms with van der Waals surface area (Å²) in [6.45, 7) is 5.83. The number of para-hydroxylation sites is 3. The molecule has 1 aromatic heterocycles. The lowest BCUT2D eigenvalue weighted by Gasteiger charge is -2.13. The minimum atomic E-state index is 0.705. The van der Waals surface area contributed by atoms with Gasteiger partial charge in [-0.1, -0.05) is 60.7 Å². The molecule has 0 saturated heterocycles. The van der Waals surface area contributed by atoms with Gasteiger partial charge in [-0.3, -0.25) is 0 Å². The predicted molar refractivity (Wildman–Crippen MR) is 120 cm³/mol. The van der Waals surface area contributed by atoms with Gasteiger partial charge in [0.05, 0.1) is 17.6 Å². The molecule has 4 rings (SSSR count). The maximum absolute atomic E-state index is 6.11. The van der Waals surface area contributed by atoms with E-state index in [1.54, 1.807) is 0 Å². The van der Waals surface area contributed by atoms with Crippen molar-refractivity contribution in [1.29, 1.82) is 0 Å². The number of hydrogen-bond acceptors (Lipinski definition) is 2. The molecule has 0 bridgehead atoms. The number of hydrogen-bond donors (Lipinski definition) is 0. The Morgan fingerprint density at radius 2 is 1.52 bits per heavy atom. The monoisotopic (exact) mass is 384 g/mol. The fourth-order valence-corrected chi connectivity index (χ4v) is 3.89. The Balaban J connectivity index is 1.45. The summed E-state index contributed by atoms with van der Waals surface area (Å²) in [6, 6.07) is 25.3. The van der Waals surface area contributed by atoms with Crippen LogP contribution in [0.1, 0.15) is 28.9 Å². The number of benzene rings is 3. The first-order valence-electron chi connectivity index (χ1n) is 10.4. The van der Waals surface area contributed by atoms with Crippen molar-refractivity contribution in [2.45, 2.75) is 39.7 Å². The van der Waals surface area contributed by atoms with Crippen LogP contribution in [0.4, 0.5) is 0 Å². The van der Waals surface area contributed by atoms with Crippen molar-refractivity contribution in [3.05, 3.63) is 95.3 Å². The van der Waals surface area contributed by atoms with E-state index >= 15 is 0 Å². The lowest BCUT2D eigenvalue weighted by molar-refractivity contribution is 0.298. The van der Waals surface area contributed by atoms with Gasteiger partial charge in [0.2, 0.25) is 0 Å². The highest BCUT2D eigenvalue weighted by atomic mass is 16.5. The van der Waals surface area contributed by atoms with Crippen LogP contribution in [-0.2, 0) is 19.4 Å². The van der Waals surface area contributed by atoms with Crippen LogP contribution in [0.25, 0.3) is 11.0 Å². The molecule has 3 heteroatoms. The topological polar surface area (TPSA) is 27.1 Å². The molecule has 0 amide bonds. The van der Waals surface area contributed by atoms with Gasteiger partial charge in [0.25, 0.3) is 0 Å². The van der Waals surface area contributed by atoms with Crippen LogP contribution in [0, 0.1) is 13.8 Å². The van der Waals surface area contributed by atoms with E-state index < -0.39 is 0 Å². The molecule has 3 aromatic carbocycles. The largest absolute Gasteiger partial charge is 0.493 e. The average molecular weight is 385 g/mol. The first-order chi connectivity index (χ1) is 14.2. The van der Waals surface area contributed by atoms with Gasteiger partial charge in [0, 0.05) is 13.0 Å². The molecule has 0 spiro atoms. The smallest absolute Gasteiger partial charge is 0.125 e. The molecule has 29 heavy (non-hydrogen) atoms. The molecule has 0 N–H and O–H groups in total. The van der Waals surface area contributed by atoms with Crippen LogP contribution < -0.4 is 4.74 Å². The zero-order valence-corrected chi connectivity index (χ0v) is 17.3. The van der Waals surface area contributed by atoms with Crippen molar-refractivity contribution < 1.29 is 4.74 Å². The first-order valence-corrected chi connectivity index (χ1v) is 10.4. The molecule has 3 nitrogen and oxygen atoms in total. The lowest BCUT2D eigenvalue weighted by atomic mass is 10.1. The van der Waals surface area contributed by atoms with Crippen LogP contribution in [0.5, 0.6) is 5.75 Å². The highest BCUT2D eigenvalue weighted by Gasteiger charge is 2.11. The Hall–Kier alpha value is -3.07. The maximum atomic E-state index is 6.11. The van der Waals surface area contributed by atoms with E-state index in [2.05, 4.69) is 91.2 Å². The van der Waals surface area contributed by atoms with Crippen molar-refractivity contribution in [2.24, 2.45) is 0 Å². The molecular formula is C26H28N2O. The summed E-state index contributed by atoms with van der Waals surface area (Å²) < 4.78 is 8.48. The number of nitrogens with zero attached hydrogens (tertiary/aromatic N) is 2. The Morgan fingerprint density at radius 3 is 2.31 bits per heavy atom. The van der Waals surface area contributed by atoms with Crippen LogP contribution in [0.15, 0.2) is 72.8 Å². The van der Waals surface area contributed by atoms with Crippen LogP contribution in [0.2, 0.25) is 0 Å². The molecular weight excluding hydrogens is 356 g/mol. The van der Waals surface area contributed by atoms with E-state index in [-0.39, 0.29) is 0 Å². The second-order valence-corrected chi connectivity index (χ2v) is 7.58. The van der Waals surface area contributed by atoms with E-state index in [4.69, 9.17) is 9.72 Å². The number of ether oxygens (including phenoxy) is 1. The lowest BCUT2D eigenvalue weighted by Crippen LogP contribution is -2.09. The van der Waals surface area contributed by atoms with Crippen LogP contribution in [-0.4, -0.2) is 16.2 Å². The van der Waals surface area contributed by atoms with E-state index in [0.717, 1.165) is 42.9 Å². The minimum absolute atomic E-state index is 0.705. The van der Waals surface area contributed by atoms with Crippen molar-refractivity contribution in [3.8, 4) is 5.75 Å². The van der Waals surface area contributed by atoms with Gasteiger partial charge >= 0.3 is 0 Å². The number of aryl methyl sites for hydroxylation is 5. The fourth-order valence-electron chi connectivity index (χ4n) is 3.89.